The first-order valence-electron chi connectivity index (χ1n) is 8.84. The van der Waals surface area contributed by atoms with E-state index in [9.17, 15) is 0 Å². The van der Waals surface area contributed by atoms with Gasteiger partial charge in [-0.15, -0.1) is 64.3 Å². The summed E-state index contributed by atoms with van der Waals surface area (Å²) in [4.78, 5) is 0. The van der Waals surface area contributed by atoms with Crippen molar-refractivity contribution in [3.63, 3.8) is 0 Å². The van der Waals surface area contributed by atoms with E-state index in [4.69, 9.17) is 0 Å². The summed E-state index contributed by atoms with van der Waals surface area (Å²) in [6.07, 6.45) is 5.74. The van der Waals surface area contributed by atoms with Gasteiger partial charge in [0.2, 0.25) is 0 Å². The fourth-order valence-electron chi connectivity index (χ4n) is 3.03. The Balaban J connectivity index is 0.000000178. The molecule has 127 valence electrons. The summed E-state index contributed by atoms with van der Waals surface area (Å²) in [5, 5.41) is 6.55. The normalized spacial score (nSPS) is 13.0. The maximum Gasteiger partial charge on any atom is 2.00 e. The van der Waals surface area contributed by atoms with Gasteiger partial charge in [0.15, 0.2) is 0 Å². The first-order valence-corrected chi connectivity index (χ1v) is 10.1. The van der Waals surface area contributed by atoms with Crippen molar-refractivity contribution in [1.29, 1.82) is 0 Å². The summed E-state index contributed by atoms with van der Waals surface area (Å²) in [6, 6.07) is 34.9. The van der Waals surface area contributed by atoms with Gasteiger partial charge in [-0.2, -0.15) is 28.8 Å². The van der Waals surface area contributed by atoms with Crippen LogP contribution in [0.25, 0.3) is 22.9 Å². The minimum absolute atomic E-state index is 0. The Kier molecular flexibility index (Phi) is 7.15. The first-order chi connectivity index (χ1) is 12.9. The third-order valence-corrected chi connectivity index (χ3v) is 5.64. The van der Waals surface area contributed by atoms with E-state index in [-0.39, 0.29) is 26.2 Å². The number of hydrogen-bond acceptors (Lipinski definition) is 0. The van der Waals surface area contributed by atoms with Gasteiger partial charge in [-0.25, -0.2) is 0 Å². The molecule has 0 N–H and O–H groups in total. The average Bonchev–Trinajstić information content (AvgIpc) is 3.34. The molecule has 0 spiro atoms. The molecule has 0 heterocycles. The van der Waals surface area contributed by atoms with Gasteiger partial charge in [0, 0.05) is 9.13 Å². The Bertz CT molecular complexity index is 1090. The van der Waals surface area contributed by atoms with E-state index >= 15 is 0 Å². The van der Waals surface area contributed by atoms with Gasteiger partial charge in [-0.1, -0.05) is 42.5 Å². The molecule has 5 rings (SSSR count). The molecule has 0 bridgehead atoms. The zero-order chi connectivity index (χ0) is 17.6. The number of rotatable bonds is 2. The fraction of sp³-hybridized carbons (Fsp3) is 0.0400. The maximum absolute atomic E-state index is 3.48. The van der Waals surface area contributed by atoms with E-state index in [1.807, 2.05) is 0 Å². The third-order valence-electron chi connectivity index (χ3n) is 4.40. The summed E-state index contributed by atoms with van der Waals surface area (Å²) >= 11 is 0. The van der Waals surface area contributed by atoms with E-state index in [2.05, 4.69) is 109 Å². The molecule has 0 saturated heterocycles. The maximum atomic E-state index is 3.48. The fourth-order valence-corrected chi connectivity index (χ4v) is 4.14. The molecular formula is C25H19SiZr. The van der Waals surface area contributed by atoms with Crippen molar-refractivity contribution in [2.45, 2.75) is 6.04 Å². The topological polar surface area (TPSA) is 0 Å². The van der Waals surface area contributed by atoms with Crippen molar-refractivity contribution < 1.29 is 26.2 Å². The van der Waals surface area contributed by atoms with Gasteiger partial charge in [0.05, 0.1) is 0 Å². The average molecular weight is 439 g/mol. The molecule has 1 radical (unpaired) electrons. The van der Waals surface area contributed by atoms with Crippen molar-refractivity contribution in [3.05, 3.63) is 113 Å². The second-order valence-electron chi connectivity index (χ2n) is 6.26. The molecule has 0 unspecified atom stereocenters. The Hall–Kier alpha value is -2.02. The second-order valence-corrected chi connectivity index (χ2v) is 7.51. The van der Waals surface area contributed by atoms with Crippen LogP contribution < -0.4 is 10.4 Å². The summed E-state index contributed by atoms with van der Waals surface area (Å²) in [6.45, 7) is 0. The quantitative estimate of drug-likeness (QED) is 0.330. The molecule has 1 aliphatic rings. The van der Waals surface area contributed by atoms with Gasteiger partial charge in [0.25, 0.3) is 0 Å². The molecule has 0 fully saturated rings. The minimum atomic E-state index is 0. The van der Waals surface area contributed by atoms with Crippen LogP contribution in [0, 0.1) is 0 Å². The van der Waals surface area contributed by atoms with Crippen LogP contribution in [0.15, 0.2) is 97.1 Å². The van der Waals surface area contributed by atoms with Crippen LogP contribution in [-0.2, 0) is 32.2 Å². The number of fused-ring (bicyclic) bond motifs is 2. The van der Waals surface area contributed by atoms with Crippen molar-refractivity contribution in [2.24, 2.45) is 0 Å². The van der Waals surface area contributed by atoms with Crippen molar-refractivity contribution in [2.75, 3.05) is 0 Å². The Morgan fingerprint density at radius 1 is 0.778 bits per heavy atom. The van der Waals surface area contributed by atoms with E-state index in [1.165, 1.54) is 31.9 Å². The van der Waals surface area contributed by atoms with Crippen LogP contribution in [-0.4, -0.2) is 14.3 Å². The van der Waals surface area contributed by atoms with E-state index in [0.717, 1.165) is 15.2 Å². The smallest absolute Gasteiger partial charge is 0.168 e. The van der Waals surface area contributed by atoms with Crippen LogP contribution in [0.2, 0.25) is 0 Å². The molecule has 0 aliphatic heterocycles. The number of benzene rings is 3. The molecular weight excluding hydrogens is 420 g/mol. The Morgan fingerprint density at radius 2 is 1.52 bits per heavy atom. The van der Waals surface area contributed by atoms with E-state index in [1.54, 1.807) is 0 Å². The monoisotopic (exact) mass is 437 g/mol. The minimum Gasteiger partial charge on any atom is -0.168 e. The van der Waals surface area contributed by atoms with Gasteiger partial charge < -0.3 is 0 Å². The predicted molar refractivity (Wildman–Crippen MR) is 114 cm³/mol. The summed E-state index contributed by atoms with van der Waals surface area (Å²) in [5.41, 5.74) is 1.41. The zero-order valence-corrected chi connectivity index (χ0v) is 18.5. The summed E-state index contributed by atoms with van der Waals surface area (Å²) < 4.78 is 0. The largest absolute Gasteiger partial charge is 2.00 e. The molecule has 0 amide bonds. The molecule has 0 saturated carbocycles. The molecule has 1 aliphatic carbocycles. The molecule has 0 nitrogen and oxygen atoms in total. The third kappa shape index (κ3) is 5.25. The van der Waals surface area contributed by atoms with E-state index < -0.39 is 0 Å². The van der Waals surface area contributed by atoms with Crippen LogP contribution >= 0.6 is 0 Å². The van der Waals surface area contributed by atoms with Gasteiger partial charge in [-0.05, 0) is 11.6 Å². The molecule has 4 aromatic carbocycles. The molecule has 2 heteroatoms. The summed E-state index contributed by atoms with van der Waals surface area (Å²) in [5.74, 6) is 0. The van der Waals surface area contributed by atoms with Crippen LogP contribution in [0.1, 0.15) is 5.56 Å². The van der Waals surface area contributed by atoms with Gasteiger partial charge in [0.1, 0.15) is 0 Å². The standard InChI is InChI=1S/C16H12Si.C9H7.Zr/c1-2-6-13(7-3-1)12-17-16-10-14-8-4-5-9-15(14)11-16;1-2-5-9-7-3-6-8(9)4-1;/h1-10H,12H2;1-7H;/q2*-1;+2. The second kappa shape index (κ2) is 9.78. The van der Waals surface area contributed by atoms with Gasteiger partial charge >= 0.3 is 26.2 Å². The zero-order valence-electron chi connectivity index (χ0n) is 15.0. The Labute approximate surface area is 181 Å². The summed E-state index contributed by atoms with van der Waals surface area (Å²) in [7, 11) is 0.810. The van der Waals surface area contributed by atoms with Crippen LogP contribution in [0.4, 0.5) is 0 Å². The van der Waals surface area contributed by atoms with E-state index in [0.29, 0.717) is 0 Å². The molecule has 0 atom stereocenters. The molecule has 4 aromatic rings. The van der Waals surface area contributed by atoms with Crippen molar-refractivity contribution in [3.8, 4) is 0 Å². The number of hydrogen-bond donors (Lipinski definition) is 0. The van der Waals surface area contributed by atoms with Crippen LogP contribution in [0.3, 0.4) is 0 Å². The molecule has 0 aromatic heterocycles. The first kappa shape index (κ1) is 19.7. The predicted octanol–water partition coefficient (Wildman–Crippen LogP) is 3.77. The molecule has 27 heavy (non-hydrogen) atoms. The van der Waals surface area contributed by atoms with Crippen molar-refractivity contribution in [1.82, 2.24) is 0 Å². The Morgan fingerprint density at radius 3 is 2.33 bits per heavy atom. The van der Waals surface area contributed by atoms with Crippen molar-refractivity contribution >= 4 is 37.2 Å². The van der Waals surface area contributed by atoms with Crippen LogP contribution in [0.5, 0.6) is 0 Å². The SMILES string of the molecule is [C-]1=c2ccccc2=CC1=[Si]Cc1ccccc1.[Zr+2].c1ccc2[cH-]ccc2c1. The van der Waals surface area contributed by atoms with Gasteiger partial charge in [-0.3, -0.25) is 0 Å².